The summed E-state index contributed by atoms with van der Waals surface area (Å²) in [6.45, 7) is 5.37. The van der Waals surface area contributed by atoms with Crippen LogP contribution in [0.25, 0.3) is 11.3 Å². The smallest absolute Gasteiger partial charge is 0.217 e. The number of amides is 1. The van der Waals surface area contributed by atoms with Crippen LogP contribution in [0.15, 0.2) is 29.6 Å². The predicted octanol–water partition coefficient (Wildman–Crippen LogP) is 2.70. The van der Waals surface area contributed by atoms with Gasteiger partial charge < -0.3 is 10.6 Å². The van der Waals surface area contributed by atoms with Gasteiger partial charge in [-0.1, -0.05) is 31.2 Å². The number of hydrogen-bond acceptors (Lipinski definition) is 4. The fourth-order valence-corrected chi connectivity index (χ4v) is 3.92. The third-order valence-corrected chi connectivity index (χ3v) is 5.19. The minimum absolute atomic E-state index is 0.00671. The van der Waals surface area contributed by atoms with E-state index in [0.717, 1.165) is 42.2 Å². The first-order valence-corrected chi connectivity index (χ1v) is 8.56. The molecule has 2 N–H and O–H groups in total. The van der Waals surface area contributed by atoms with Gasteiger partial charge in [0.1, 0.15) is 10.5 Å². The van der Waals surface area contributed by atoms with Crippen molar-refractivity contribution >= 4 is 17.2 Å². The Morgan fingerprint density at radius 2 is 2.18 bits per heavy atom. The predicted molar refractivity (Wildman–Crippen MR) is 89.9 cm³/mol. The third kappa shape index (κ3) is 2.91. The molecule has 22 heavy (non-hydrogen) atoms. The van der Waals surface area contributed by atoms with Crippen LogP contribution in [-0.2, 0) is 16.8 Å². The van der Waals surface area contributed by atoms with E-state index in [2.05, 4.69) is 47.2 Å². The van der Waals surface area contributed by atoms with Crippen molar-refractivity contribution in [2.75, 3.05) is 13.1 Å². The van der Waals surface area contributed by atoms with Crippen molar-refractivity contribution in [2.45, 2.75) is 32.2 Å². The minimum Gasteiger partial charge on any atom is -0.343 e. The van der Waals surface area contributed by atoms with Crippen LogP contribution >= 0.6 is 11.3 Å². The summed E-state index contributed by atoms with van der Waals surface area (Å²) in [5, 5.41) is 9.50. The van der Waals surface area contributed by atoms with Crippen LogP contribution in [0.4, 0.5) is 0 Å². The monoisotopic (exact) mass is 315 g/mol. The van der Waals surface area contributed by atoms with Gasteiger partial charge in [0, 0.05) is 24.4 Å². The molecule has 1 aromatic heterocycles. The largest absolute Gasteiger partial charge is 0.343 e. The number of aromatic nitrogens is 1. The van der Waals surface area contributed by atoms with Crippen LogP contribution in [0.1, 0.15) is 30.8 Å². The number of rotatable bonds is 4. The van der Waals surface area contributed by atoms with Crippen LogP contribution in [0, 0.1) is 0 Å². The highest BCUT2D eigenvalue weighted by Gasteiger charge is 2.39. The van der Waals surface area contributed by atoms with Crippen LogP contribution in [0.3, 0.4) is 0 Å². The van der Waals surface area contributed by atoms with Crippen molar-refractivity contribution in [1.82, 2.24) is 15.6 Å². The van der Waals surface area contributed by atoms with Gasteiger partial charge in [0.2, 0.25) is 5.91 Å². The van der Waals surface area contributed by atoms with E-state index < -0.39 is 0 Å². The molecule has 0 spiro atoms. The first-order chi connectivity index (χ1) is 10.6. The average Bonchev–Trinajstić information content (AvgIpc) is 3.16. The molecular formula is C17H21N3OS. The molecule has 3 rings (SSSR count). The van der Waals surface area contributed by atoms with Crippen LogP contribution in [-0.4, -0.2) is 24.0 Å². The van der Waals surface area contributed by atoms with Gasteiger partial charge in [-0.15, -0.1) is 11.3 Å². The van der Waals surface area contributed by atoms with Crippen LogP contribution in [0.5, 0.6) is 0 Å². The van der Waals surface area contributed by atoms with Crippen molar-refractivity contribution in [2.24, 2.45) is 0 Å². The second-order valence-electron chi connectivity index (χ2n) is 5.78. The van der Waals surface area contributed by atoms with Crippen molar-refractivity contribution < 1.29 is 4.79 Å². The molecule has 1 aliphatic rings. The minimum atomic E-state index is -0.349. The van der Waals surface area contributed by atoms with Crippen LogP contribution < -0.4 is 10.6 Å². The lowest BCUT2D eigenvalue weighted by Gasteiger charge is -2.26. The topological polar surface area (TPSA) is 54.0 Å². The van der Waals surface area contributed by atoms with Crippen molar-refractivity contribution in [1.29, 1.82) is 0 Å². The Hall–Kier alpha value is -1.72. The van der Waals surface area contributed by atoms with Crippen molar-refractivity contribution in [3.8, 4) is 11.3 Å². The van der Waals surface area contributed by atoms with E-state index >= 15 is 0 Å². The molecule has 0 radical (unpaired) electrons. The fourth-order valence-electron chi connectivity index (χ4n) is 2.91. The molecule has 1 atom stereocenters. The highest BCUT2D eigenvalue weighted by molar-refractivity contribution is 7.10. The Bertz CT molecular complexity index is 657. The lowest BCUT2D eigenvalue weighted by molar-refractivity contribution is -0.120. The van der Waals surface area contributed by atoms with Gasteiger partial charge in [-0.3, -0.25) is 4.79 Å². The second kappa shape index (κ2) is 6.18. The first kappa shape index (κ1) is 15.2. The lowest BCUT2D eigenvalue weighted by Crippen LogP contribution is -2.46. The summed E-state index contributed by atoms with van der Waals surface area (Å²) in [5.74, 6) is -0.00671. The SMILES string of the molecule is CCc1ccc(-c2csc(C3(NC(C)=O)CCNC3)n2)cc1. The quantitative estimate of drug-likeness (QED) is 0.912. The molecule has 5 heteroatoms. The zero-order valence-electron chi connectivity index (χ0n) is 13.0. The Kier molecular flexibility index (Phi) is 4.27. The van der Waals surface area contributed by atoms with Gasteiger partial charge in [-0.2, -0.15) is 0 Å². The Morgan fingerprint density at radius 1 is 1.41 bits per heavy atom. The highest BCUT2D eigenvalue weighted by atomic mass is 32.1. The summed E-state index contributed by atoms with van der Waals surface area (Å²) < 4.78 is 0. The second-order valence-corrected chi connectivity index (χ2v) is 6.64. The summed E-state index contributed by atoms with van der Waals surface area (Å²) in [5.41, 5.74) is 3.09. The molecule has 2 heterocycles. The zero-order chi connectivity index (χ0) is 15.6. The van der Waals surface area contributed by atoms with Crippen LogP contribution in [0.2, 0.25) is 0 Å². The number of carbonyl (C=O) groups is 1. The molecule has 0 bridgehead atoms. The molecule has 1 saturated heterocycles. The number of aryl methyl sites for hydroxylation is 1. The fraction of sp³-hybridized carbons (Fsp3) is 0.412. The molecule has 0 saturated carbocycles. The summed E-state index contributed by atoms with van der Waals surface area (Å²) in [4.78, 5) is 16.4. The van der Waals surface area contributed by atoms with E-state index in [9.17, 15) is 4.79 Å². The van der Waals surface area contributed by atoms with Crippen molar-refractivity contribution in [3.05, 3.63) is 40.2 Å². The van der Waals surface area contributed by atoms with Gasteiger partial charge in [0.25, 0.3) is 0 Å². The Balaban J connectivity index is 1.89. The molecule has 116 valence electrons. The van der Waals surface area contributed by atoms with Gasteiger partial charge >= 0.3 is 0 Å². The molecule has 1 fully saturated rings. The summed E-state index contributed by atoms with van der Waals surface area (Å²) in [6.07, 6.45) is 1.92. The van der Waals surface area contributed by atoms with E-state index in [0.29, 0.717) is 0 Å². The summed E-state index contributed by atoms with van der Waals surface area (Å²) >= 11 is 1.63. The molecule has 1 amide bonds. The summed E-state index contributed by atoms with van der Waals surface area (Å²) in [7, 11) is 0. The van der Waals surface area contributed by atoms with Gasteiger partial charge in [-0.05, 0) is 24.9 Å². The zero-order valence-corrected chi connectivity index (χ0v) is 13.8. The maximum Gasteiger partial charge on any atom is 0.217 e. The average molecular weight is 315 g/mol. The molecule has 1 unspecified atom stereocenters. The van der Waals surface area contributed by atoms with Gasteiger partial charge in [0.05, 0.1) is 5.69 Å². The normalized spacial score (nSPS) is 21.0. The first-order valence-electron chi connectivity index (χ1n) is 7.68. The number of carbonyl (C=O) groups excluding carboxylic acids is 1. The van der Waals surface area contributed by atoms with E-state index in [4.69, 9.17) is 4.98 Å². The number of nitrogens with one attached hydrogen (secondary N) is 2. The molecule has 1 aromatic carbocycles. The van der Waals surface area contributed by atoms with Gasteiger partial charge in [-0.25, -0.2) is 4.98 Å². The van der Waals surface area contributed by atoms with E-state index in [1.165, 1.54) is 5.56 Å². The number of benzene rings is 1. The maximum absolute atomic E-state index is 11.6. The van der Waals surface area contributed by atoms with Crippen molar-refractivity contribution in [3.63, 3.8) is 0 Å². The molecular weight excluding hydrogens is 294 g/mol. The molecule has 1 aliphatic heterocycles. The third-order valence-electron chi connectivity index (χ3n) is 4.14. The van der Waals surface area contributed by atoms with E-state index in [-0.39, 0.29) is 11.4 Å². The number of nitrogens with zero attached hydrogens (tertiary/aromatic N) is 1. The highest BCUT2D eigenvalue weighted by Crippen LogP contribution is 2.33. The summed E-state index contributed by atoms with van der Waals surface area (Å²) in [6, 6.07) is 8.54. The maximum atomic E-state index is 11.6. The molecule has 4 nitrogen and oxygen atoms in total. The van der Waals surface area contributed by atoms with Gasteiger partial charge in [0.15, 0.2) is 0 Å². The number of hydrogen-bond donors (Lipinski definition) is 2. The Labute approximate surface area is 135 Å². The molecule has 0 aliphatic carbocycles. The van der Waals surface area contributed by atoms with E-state index in [1.807, 2.05) is 0 Å². The standard InChI is InChI=1S/C17H21N3OS/c1-3-13-4-6-14(7-5-13)15-10-22-16(19-15)17(20-12(2)21)8-9-18-11-17/h4-7,10,18H,3,8-9,11H2,1-2H3,(H,20,21). The van der Waals surface area contributed by atoms with E-state index in [1.54, 1.807) is 18.3 Å². The molecule has 2 aromatic rings. The number of thiazole rings is 1. The lowest BCUT2D eigenvalue weighted by atomic mass is 9.99. The Morgan fingerprint density at radius 3 is 2.77 bits per heavy atom.